The van der Waals surface area contributed by atoms with Crippen molar-refractivity contribution in [1.29, 1.82) is 0 Å². The van der Waals surface area contributed by atoms with Crippen LogP contribution in [0.25, 0.3) is 0 Å². The Morgan fingerprint density at radius 3 is 2.79 bits per heavy atom. The molecule has 0 aliphatic carbocycles. The average molecular weight is 264 g/mol. The smallest absolute Gasteiger partial charge is 0.120 e. The molecule has 0 aromatic carbocycles. The van der Waals surface area contributed by atoms with Crippen LogP contribution in [0, 0.1) is 18.8 Å². The van der Waals surface area contributed by atoms with Crippen molar-refractivity contribution in [3.63, 3.8) is 0 Å². The molecule has 2 heterocycles. The summed E-state index contributed by atoms with van der Waals surface area (Å²) in [5.41, 5.74) is 6.85. The molecule has 0 bridgehead atoms. The predicted octanol–water partition coefficient (Wildman–Crippen LogP) is 3.30. The number of rotatable bonds is 4. The van der Waals surface area contributed by atoms with Gasteiger partial charge in [-0.25, -0.2) is 0 Å². The van der Waals surface area contributed by atoms with Crippen molar-refractivity contribution >= 4 is 0 Å². The first-order valence-electron chi connectivity index (χ1n) is 7.60. The second-order valence-corrected chi connectivity index (χ2v) is 6.23. The molecule has 1 aromatic rings. The van der Waals surface area contributed by atoms with E-state index in [0.29, 0.717) is 6.54 Å². The van der Waals surface area contributed by atoms with Crippen molar-refractivity contribution in [2.75, 3.05) is 13.1 Å². The molecular weight excluding hydrogens is 236 g/mol. The Morgan fingerprint density at radius 2 is 2.16 bits per heavy atom. The number of furan rings is 1. The molecule has 1 aromatic heterocycles. The highest BCUT2D eigenvalue weighted by molar-refractivity contribution is 5.19. The number of hydrogen-bond acceptors (Lipinski definition) is 3. The number of nitrogens with two attached hydrogens (primary N) is 1. The average Bonchev–Trinajstić information content (AvgIpc) is 2.59. The Hall–Kier alpha value is -0.800. The maximum absolute atomic E-state index is 5.81. The highest BCUT2D eigenvalue weighted by Gasteiger charge is 2.20. The third-order valence-electron chi connectivity index (χ3n) is 4.44. The van der Waals surface area contributed by atoms with Gasteiger partial charge in [0.1, 0.15) is 11.5 Å². The van der Waals surface area contributed by atoms with Gasteiger partial charge in [-0.15, -0.1) is 0 Å². The third kappa shape index (κ3) is 3.83. The van der Waals surface area contributed by atoms with Crippen LogP contribution in [0.1, 0.15) is 50.2 Å². The van der Waals surface area contributed by atoms with E-state index >= 15 is 0 Å². The molecule has 0 spiro atoms. The van der Waals surface area contributed by atoms with Gasteiger partial charge in [0.25, 0.3) is 0 Å². The van der Waals surface area contributed by atoms with Gasteiger partial charge < -0.3 is 10.2 Å². The molecule has 108 valence electrons. The minimum absolute atomic E-state index is 0.501. The molecule has 1 aliphatic rings. The van der Waals surface area contributed by atoms with Crippen LogP contribution < -0.4 is 5.73 Å². The van der Waals surface area contributed by atoms with Crippen LogP contribution in [0.2, 0.25) is 0 Å². The summed E-state index contributed by atoms with van der Waals surface area (Å²) >= 11 is 0. The Bertz CT molecular complexity index is 397. The van der Waals surface area contributed by atoms with Crippen LogP contribution in [0.5, 0.6) is 0 Å². The van der Waals surface area contributed by atoms with Gasteiger partial charge in [-0.1, -0.05) is 13.8 Å². The van der Waals surface area contributed by atoms with E-state index in [4.69, 9.17) is 10.2 Å². The molecule has 2 rings (SSSR count). The second-order valence-electron chi connectivity index (χ2n) is 6.23. The van der Waals surface area contributed by atoms with Crippen LogP contribution in [0.4, 0.5) is 0 Å². The summed E-state index contributed by atoms with van der Waals surface area (Å²) in [6.07, 6.45) is 4.01. The lowest BCUT2D eigenvalue weighted by Crippen LogP contribution is -2.24. The molecule has 1 unspecified atom stereocenters. The van der Waals surface area contributed by atoms with Gasteiger partial charge >= 0.3 is 0 Å². The van der Waals surface area contributed by atoms with E-state index in [2.05, 4.69) is 31.7 Å². The van der Waals surface area contributed by atoms with Crippen LogP contribution >= 0.6 is 0 Å². The number of aryl methyl sites for hydroxylation is 1. The molecule has 0 amide bonds. The highest BCUT2D eigenvalue weighted by Crippen LogP contribution is 2.25. The summed E-state index contributed by atoms with van der Waals surface area (Å²) in [7, 11) is 0. The maximum atomic E-state index is 5.81. The fourth-order valence-electron chi connectivity index (χ4n) is 3.10. The largest absolute Gasteiger partial charge is 0.463 e. The first-order valence-corrected chi connectivity index (χ1v) is 7.60. The number of likely N-dealkylation sites (tertiary alicyclic amines) is 1. The molecule has 1 atom stereocenters. The van der Waals surface area contributed by atoms with Crippen LogP contribution in [-0.2, 0) is 13.1 Å². The van der Waals surface area contributed by atoms with Gasteiger partial charge in [0.05, 0.1) is 13.1 Å². The van der Waals surface area contributed by atoms with E-state index in [1.54, 1.807) is 0 Å². The quantitative estimate of drug-likeness (QED) is 0.907. The zero-order chi connectivity index (χ0) is 13.8. The molecule has 1 fully saturated rings. The van der Waals surface area contributed by atoms with E-state index < -0.39 is 0 Å². The summed E-state index contributed by atoms with van der Waals surface area (Å²) in [5.74, 6) is 3.71. The van der Waals surface area contributed by atoms with E-state index in [-0.39, 0.29) is 0 Å². The minimum atomic E-state index is 0.501. The summed E-state index contributed by atoms with van der Waals surface area (Å²) in [4.78, 5) is 2.53. The lowest BCUT2D eigenvalue weighted by atomic mass is 9.89. The molecule has 19 heavy (non-hydrogen) atoms. The van der Waals surface area contributed by atoms with E-state index in [0.717, 1.165) is 29.9 Å². The fourth-order valence-corrected chi connectivity index (χ4v) is 3.10. The van der Waals surface area contributed by atoms with Crippen molar-refractivity contribution in [3.05, 3.63) is 23.2 Å². The lowest BCUT2D eigenvalue weighted by Gasteiger charge is -2.20. The molecule has 1 aliphatic heterocycles. The van der Waals surface area contributed by atoms with Gasteiger partial charge in [0, 0.05) is 0 Å². The molecule has 0 saturated carbocycles. The maximum Gasteiger partial charge on any atom is 0.120 e. The summed E-state index contributed by atoms with van der Waals surface area (Å²) < 4.78 is 5.81. The van der Waals surface area contributed by atoms with Gasteiger partial charge in [-0.05, 0) is 62.7 Å². The predicted molar refractivity (Wildman–Crippen MR) is 78.8 cm³/mol. The summed E-state index contributed by atoms with van der Waals surface area (Å²) in [5, 5.41) is 0. The normalized spacial score (nSPS) is 21.8. The zero-order valence-corrected chi connectivity index (χ0v) is 12.6. The lowest BCUT2D eigenvalue weighted by molar-refractivity contribution is 0.242. The number of hydrogen-bond donors (Lipinski definition) is 1. The Morgan fingerprint density at radius 1 is 1.37 bits per heavy atom. The van der Waals surface area contributed by atoms with Crippen molar-refractivity contribution in [1.82, 2.24) is 4.90 Å². The number of nitrogens with zero attached hydrogens (tertiary/aromatic N) is 1. The monoisotopic (exact) mass is 264 g/mol. The fraction of sp³-hybridized carbons (Fsp3) is 0.750. The Labute approximate surface area is 117 Å². The van der Waals surface area contributed by atoms with Crippen LogP contribution in [0.15, 0.2) is 10.5 Å². The Kier molecular flexibility index (Phi) is 5.06. The zero-order valence-electron chi connectivity index (χ0n) is 12.6. The SMILES string of the molecule is Cc1cc(CN2CCCC(C(C)C)CC2)oc1CN. The first kappa shape index (κ1) is 14.6. The summed E-state index contributed by atoms with van der Waals surface area (Å²) in [6.45, 7) is 10.6. The van der Waals surface area contributed by atoms with Crippen LogP contribution in [0.3, 0.4) is 0 Å². The van der Waals surface area contributed by atoms with Crippen LogP contribution in [-0.4, -0.2) is 18.0 Å². The molecule has 1 saturated heterocycles. The topological polar surface area (TPSA) is 42.4 Å². The first-order chi connectivity index (χ1) is 9.10. The third-order valence-corrected chi connectivity index (χ3v) is 4.44. The van der Waals surface area contributed by atoms with E-state index in [1.165, 1.54) is 37.9 Å². The molecule has 3 nitrogen and oxygen atoms in total. The van der Waals surface area contributed by atoms with Gasteiger partial charge in [0.15, 0.2) is 0 Å². The van der Waals surface area contributed by atoms with Crippen molar-refractivity contribution in [2.45, 2.75) is 53.1 Å². The molecule has 0 radical (unpaired) electrons. The molecular formula is C16H28N2O. The van der Waals surface area contributed by atoms with E-state index in [1.807, 2.05) is 0 Å². The Balaban J connectivity index is 1.92. The van der Waals surface area contributed by atoms with Gasteiger partial charge in [-0.2, -0.15) is 0 Å². The van der Waals surface area contributed by atoms with Gasteiger partial charge in [-0.3, -0.25) is 4.90 Å². The van der Waals surface area contributed by atoms with E-state index in [9.17, 15) is 0 Å². The standard InChI is InChI=1S/C16H28N2O/c1-12(2)14-5-4-7-18(8-6-14)11-15-9-13(3)16(10-17)19-15/h9,12,14H,4-8,10-11,17H2,1-3H3. The molecule has 2 N–H and O–H groups in total. The highest BCUT2D eigenvalue weighted by atomic mass is 16.3. The van der Waals surface area contributed by atoms with Crippen molar-refractivity contribution in [2.24, 2.45) is 17.6 Å². The minimum Gasteiger partial charge on any atom is -0.463 e. The second kappa shape index (κ2) is 6.58. The summed E-state index contributed by atoms with van der Waals surface area (Å²) in [6, 6.07) is 2.15. The van der Waals surface area contributed by atoms with Crippen molar-refractivity contribution < 1.29 is 4.42 Å². The van der Waals surface area contributed by atoms with Crippen molar-refractivity contribution in [3.8, 4) is 0 Å². The molecule has 3 heteroatoms. The van der Waals surface area contributed by atoms with Gasteiger partial charge in [0.2, 0.25) is 0 Å².